The fourth-order valence-corrected chi connectivity index (χ4v) is 3.90. The first-order valence-electron chi connectivity index (χ1n) is 9.49. The predicted molar refractivity (Wildman–Crippen MR) is 115 cm³/mol. The maximum absolute atomic E-state index is 13.0. The van der Waals surface area contributed by atoms with Crippen molar-refractivity contribution >= 4 is 39.4 Å². The van der Waals surface area contributed by atoms with Crippen molar-refractivity contribution in [2.45, 2.75) is 18.9 Å². The number of carbonyl (C=O) groups excluding carboxylic acids is 3. The van der Waals surface area contributed by atoms with E-state index in [1.165, 1.54) is 7.11 Å². The number of rotatable bonds is 7. The van der Waals surface area contributed by atoms with Gasteiger partial charge in [-0.2, -0.15) is 0 Å². The van der Waals surface area contributed by atoms with E-state index in [1.54, 1.807) is 24.1 Å². The number of benzene rings is 2. The third kappa shape index (κ3) is 4.99. The Morgan fingerprint density at radius 3 is 2.67 bits per heavy atom. The molecule has 7 nitrogen and oxygen atoms in total. The molecule has 30 heavy (non-hydrogen) atoms. The zero-order chi connectivity index (χ0) is 21.7. The zero-order valence-electron chi connectivity index (χ0n) is 16.8. The summed E-state index contributed by atoms with van der Waals surface area (Å²) in [7, 11) is 2.85. The summed E-state index contributed by atoms with van der Waals surface area (Å²) in [6, 6.07) is 14.0. The van der Waals surface area contributed by atoms with E-state index in [0.717, 1.165) is 10.0 Å². The second-order valence-electron chi connectivity index (χ2n) is 6.97. The van der Waals surface area contributed by atoms with Gasteiger partial charge in [-0.05, 0) is 29.8 Å². The summed E-state index contributed by atoms with van der Waals surface area (Å²) in [5, 5.41) is 2.92. The SMILES string of the molecule is COC(=O)CC(NC(=O)C1CC(=O)N(c2ccccc2OC)C1)c1cccc(Br)c1. The molecule has 2 atom stereocenters. The molecule has 2 unspecified atom stereocenters. The summed E-state index contributed by atoms with van der Waals surface area (Å²) in [6.07, 6.45) is 0.0862. The molecule has 1 fully saturated rings. The minimum atomic E-state index is -0.558. The molecule has 2 aromatic carbocycles. The Hall–Kier alpha value is -2.87. The third-order valence-electron chi connectivity index (χ3n) is 5.04. The van der Waals surface area contributed by atoms with E-state index in [0.29, 0.717) is 11.4 Å². The van der Waals surface area contributed by atoms with E-state index in [9.17, 15) is 14.4 Å². The average molecular weight is 475 g/mol. The molecule has 0 spiro atoms. The van der Waals surface area contributed by atoms with Crippen LogP contribution in [0.2, 0.25) is 0 Å². The molecule has 1 heterocycles. The summed E-state index contributed by atoms with van der Waals surface area (Å²) in [5.74, 6) is -0.820. The van der Waals surface area contributed by atoms with Crippen LogP contribution in [-0.4, -0.2) is 38.5 Å². The Kier molecular flexibility index (Phi) is 7.10. The first-order valence-corrected chi connectivity index (χ1v) is 10.3. The van der Waals surface area contributed by atoms with Gasteiger partial charge in [-0.25, -0.2) is 0 Å². The van der Waals surface area contributed by atoms with Crippen molar-refractivity contribution in [1.82, 2.24) is 5.32 Å². The number of hydrogen-bond acceptors (Lipinski definition) is 5. The van der Waals surface area contributed by atoms with Gasteiger partial charge in [0.15, 0.2) is 0 Å². The Labute approximate surface area is 183 Å². The molecule has 1 aliphatic heterocycles. The fourth-order valence-electron chi connectivity index (χ4n) is 3.48. The van der Waals surface area contributed by atoms with Crippen molar-refractivity contribution in [3.05, 3.63) is 58.6 Å². The maximum atomic E-state index is 13.0. The third-order valence-corrected chi connectivity index (χ3v) is 5.53. The van der Waals surface area contributed by atoms with Gasteiger partial charge < -0.3 is 19.7 Å². The summed E-state index contributed by atoms with van der Waals surface area (Å²) < 4.78 is 11.0. The molecule has 1 N–H and O–H groups in total. The first-order chi connectivity index (χ1) is 14.4. The van der Waals surface area contributed by atoms with Crippen molar-refractivity contribution in [2.75, 3.05) is 25.7 Å². The highest BCUT2D eigenvalue weighted by Crippen LogP contribution is 2.33. The van der Waals surface area contributed by atoms with Crippen LogP contribution in [0.15, 0.2) is 53.0 Å². The van der Waals surface area contributed by atoms with Gasteiger partial charge in [-0.15, -0.1) is 0 Å². The van der Waals surface area contributed by atoms with Gasteiger partial charge in [-0.1, -0.05) is 40.2 Å². The van der Waals surface area contributed by atoms with Crippen molar-refractivity contribution < 1.29 is 23.9 Å². The van der Waals surface area contributed by atoms with Crippen molar-refractivity contribution in [3.63, 3.8) is 0 Å². The highest BCUT2D eigenvalue weighted by molar-refractivity contribution is 9.10. The topological polar surface area (TPSA) is 84.9 Å². The Bertz CT molecular complexity index is 949. The van der Waals surface area contributed by atoms with Gasteiger partial charge in [0.05, 0.1) is 38.3 Å². The van der Waals surface area contributed by atoms with Gasteiger partial charge in [0.1, 0.15) is 5.75 Å². The highest BCUT2D eigenvalue weighted by Gasteiger charge is 2.37. The molecule has 2 aromatic rings. The molecular weight excluding hydrogens is 452 g/mol. The van der Waals surface area contributed by atoms with E-state index >= 15 is 0 Å². The van der Waals surface area contributed by atoms with Gasteiger partial charge in [0.2, 0.25) is 11.8 Å². The number of esters is 1. The molecular formula is C22H23BrN2O5. The minimum absolute atomic E-state index is 0.00438. The number of nitrogens with zero attached hydrogens (tertiary/aromatic N) is 1. The molecule has 2 amide bonds. The summed E-state index contributed by atoms with van der Waals surface area (Å²) in [6.45, 7) is 0.245. The van der Waals surface area contributed by atoms with Crippen molar-refractivity contribution in [3.8, 4) is 5.75 Å². The smallest absolute Gasteiger partial charge is 0.307 e. The molecule has 0 saturated carbocycles. The predicted octanol–water partition coefficient (Wildman–Crippen LogP) is 3.23. The van der Waals surface area contributed by atoms with Gasteiger partial charge in [0.25, 0.3) is 0 Å². The van der Waals surface area contributed by atoms with E-state index in [1.807, 2.05) is 36.4 Å². The zero-order valence-corrected chi connectivity index (χ0v) is 18.3. The molecule has 1 aliphatic rings. The number of anilines is 1. The quantitative estimate of drug-likeness (QED) is 0.622. The number of halogens is 1. The normalized spacial score (nSPS) is 16.8. The summed E-state index contributed by atoms with van der Waals surface area (Å²) in [4.78, 5) is 39.0. The fraction of sp³-hybridized carbons (Fsp3) is 0.318. The molecule has 158 valence electrons. The average Bonchev–Trinajstić information content (AvgIpc) is 3.14. The Morgan fingerprint density at radius 1 is 1.20 bits per heavy atom. The van der Waals surface area contributed by atoms with Crippen LogP contribution in [0, 0.1) is 5.92 Å². The second-order valence-corrected chi connectivity index (χ2v) is 7.89. The summed E-state index contributed by atoms with van der Waals surface area (Å²) in [5.41, 5.74) is 1.41. The monoisotopic (exact) mass is 474 g/mol. The number of amides is 2. The van der Waals surface area contributed by atoms with E-state index in [-0.39, 0.29) is 31.2 Å². The number of methoxy groups -OCH3 is 2. The van der Waals surface area contributed by atoms with Crippen molar-refractivity contribution in [1.29, 1.82) is 0 Å². The second kappa shape index (κ2) is 9.75. The molecule has 0 radical (unpaired) electrons. The molecule has 3 rings (SSSR count). The summed E-state index contributed by atoms with van der Waals surface area (Å²) >= 11 is 3.41. The van der Waals surface area contributed by atoms with Crippen LogP contribution in [0.25, 0.3) is 0 Å². The van der Waals surface area contributed by atoms with Crippen LogP contribution in [0.5, 0.6) is 5.75 Å². The number of hydrogen-bond donors (Lipinski definition) is 1. The molecule has 8 heteroatoms. The van der Waals surface area contributed by atoms with Crippen LogP contribution >= 0.6 is 15.9 Å². The molecule has 0 aliphatic carbocycles. The Balaban J connectivity index is 1.76. The lowest BCUT2D eigenvalue weighted by molar-refractivity contribution is -0.141. The number of carbonyl (C=O) groups is 3. The number of para-hydroxylation sites is 2. The van der Waals surface area contributed by atoms with Crippen LogP contribution in [0.1, 0.15) is 24.4 Å². The maximum Gasteiger partial charge on any atom is 0.307 e. The van der Waals surface area contributed by atoms with Crippen LogP contribution in [0.4, 0.5) is 5.69 Å². The Morgan fingerprint density at radius 2 is 1.97 bits per heavy atom. The number of nitrogens with one attached hydrogen (secondary N) is 1. The number of ether oxygens (including phenoxy) is 2. The highest BCUT2D eigenvalue weighted by atomic mass is 79.9. The van der Waals surface area contributed by atoms with Crippen LogP contribution in [-0.2, 0) is 19.1 Å². The first kappa shape index (κ1) is 21.8. The lowest BCUT2D eigenvalue weighted by Crippen LogP contribution is -2.36. The molecule has 0 aromatic heterocycles. The van der Waals surface area contributed by atoms with Gasteiger partial charge in [-0.3, -0.25) is 14.4 Å². The van der Waals surface area contributed by atoms with Crippen molar-refractivity contribution in [2.24, 2.45) is 5.92 Å². The standard InChI is InChI=1S/C22H23BrN2O5/c1-29-19-9-4-3-8-18(19)25-13-15(11-20(25)26)22(28)24-17(12-21(27)30-2)14-6-5-7-16(23)10-14/h3-10,15,17H,11-13H2,1-2H3,(H,24,28). The molecule has 0 bridgehead atoms. The van der Waals surface area contributed by atoms with E-state index in [4.69, 9.17) is 9.47 Å². The van der Waals surface area contributed by atoms with Crippen LogP contribution in [0.3, 0.4) is 0 Å². The van der Waals surface area contributed by atoms with E-state index < -0.39 is 17.9 Å². The van der Waals surface area contributed by atoms with Gasteiger partial charge in [0, 0.05) is 17.4 Å². The lowest BCUT2D eigenvalue weighted by Gasteiger charge is -2.22. The molecule has 1 saturated heterocycles. The largest absolute Gasteiger partial charge is 0.495 e. The minimum Gasteiger partial charge on any atom is -0.495 e. The van der Waals surface area contributed by atoms with Crippen LogP contribution < -0.4 is 15.0 Å². The van der Waals surface area contributed by atoms with Gasteiger partial charge >= 0.3 is 5.97 Å². The lowest BCUT2D eigenvalue weighted by atomic mass is 10.0. The van der Waals surface area contributed by atoms with E-state index in [2.05, 4.69) is 21.2 Å².